The van der Waals surface area contributed by atoms with Gasteiger partial charge in [-0.15, -0.1) is 0 Å². The van der Waals surface area contributed by atoms with Crippen LogP contribution in [-0.4, -0.2) is 21.7 Å². The smallest absolute Gasteiger partial charge is 0.261 e. The van der Waals surface area contributed by atoms with Crippen LogP contribution in [0.15, 0.2) is 77.8 Å². The van der Waals surface area contributed by atoms with E-state index in [1.807, 2.05) is 78.9 Å². The van der Waals surface area contributed by atoms with E-state index in [2.05, 4.69) is 10.3 Å². The molecule has 148 valence electrons. The van der Waals surface area contributed by atoms with Crippen LogP contribution in [0.1, 0.15) is 24.1 Å². The van der Waals surface area contributed by atoms with E-state index >= 15 is 0 Å². The molecule has 2 aromatic carbocycles. The summed E-state index contributed by atoms with van der Waals surface area (Å²) >= 11 is 1.47. The first kappa shape index (κ1) is 18.6. The lowest BCUT2D eigenvalue weighted by Gasteiger charge is -2.29. The summed E-state index contributed by atoms with van der Waals surface area (Å²) in [5.74, 6) is -0.171. The van der Waals surface area contributed by atoms with Gasteiger partial charge in [-0.2, -0.15) is 0 Å². The average molecular weight is 414 g/mol. The summed E-state index contributed by atoms with van der Waals surface area (Å²) < 4.78 is 0. The van der Waals surface area contributed by atoms with Crippen LogP contribution in [0.2, 0.25) is 0 Å². The number of amides is 2. The summed E-state index contributed by atoms with van der Waals surface area (Å²) in [6.45, 7) is 0. The maximum absolute atomic E-state index is 13.4. The molecule has 6 heteroatoms. The van der Waals surface area contributed by atoms with Crippen molar-refractivity contribution in [1.82, 2.24) is 4.98 Å². The van der Waals surface area contributed by atoms with Crippen LogP contribution >= 0.6 is 11.8 Å². The van der Waals surface area contributed by atoms with E-state index in [0.29, 0.717) is 18.5 Å². The number of fused-ring (bicyclic) bond motifs is 3. The Balaban J connectivity index is 1.38. The van der Waals surface area contributed by atoms with E-state index in [9.17, 15) is 9.59 Å². The number of para-hydroxylation sites is 1. The highest BCUT2D eigenvalue weighted by Gasteiger charge is 2.57. The van der Waals surface area contributed by atoms with Crippen LogP contribution in [-0.2, 0) is 9.59 Å². The molecule has 1 N–H and O–H groups in total. The van der Waals surface area contributed by atoms with Crippen LogP contribution in [0, 0.1) is 0 Å². The minimum Gasteiger partial charge on any atom is -0.323 e. The van der Waals surface area contributed by atoms with E-state index in [0.717, 1.165) is 21.8 Å². The summed E-state index contributed by atoms with van der Waals surface area (Å²) in [6.07, 6.45) is 6.52. The third-order valence-electron chi connectivity index (χ3n) is 5.31. The molecule has 0 bridgehead atoms. The second-order valence-corrected chi connectivity index (χ2v) is 8.57. The molecular formula is C24H19N3O2S. The van der Waals surface area contributed by atoms with E-state index in [4.69, 9.17) is 0 Å². The van der Waals surface area contributed by atoms with Gasteiger partial charge in [-0.05, 0) is 54.5 Å². The van der Waals surface area contributed by atoms with Gasteiger partial charge < -0.3 is 5.32 Å². The Morgan fingerprint density at radius 3 is 2.80 bits per heavy atom. The van der Waals surface area contributed by atoms with Gasteiger partial charge in [0.25, 0.3) is 5.91 Å². The summed E-state index contributed by atoms with van der Waals surface area (Å²) in [5, 5.41) is 3.04. The zero-order valence-electron chi connectivity index (χ0n) is 16.1. The number of rotatable bonds is 4. The standard InChI is InChI=1S/C24H19N3O2S/c28-22-13-14-24(27(22)20-9-1-2-10-21(20)30-24)23(29)26-19-8-5-6-17(16-19)11-12-18-7-3-4-15-25-18/h1-12,15-16H,13-14H2,(H,26,29)/b12-11+. The Labute approximate surface area is 178 Å². The van der Waals surface area contributed by atoms with Gasteiger partial charge in [0, 0.05) is 23.2 Å². The number of hydrogen-bond donors (Lipinski definition) is 1. The van der Waals surface area contributed by atoms with Crippen molar-refractivity contribution in [3.8, 4) is 0 Å². The van der Waals surface area contributed by atoms with Gasteiger partial charge in [0.1, 0.15) is 0 Å². The van der Waals surface area contributed by atoms with Crippen LogP contribution in [0.4, 0.5) is 11.4 Å². The molecule has 2 aliphatic rings. The van der Waals surface area contributed by atoms with Crippen molar-refractivity contribution in [2.24, 2.45) is 0 Å². The molecule has 3 aromatic rings. The fourth-order valence-corrected chi connectivity index (χ4v) is 5.32. The van der Waals surface area contributed by atoms with Crippen LogP contribution in [0.25, 0.3) is 12.2 Å². The van der Waals surface area contributed by atoms with Crippen molar-refractivity contribution in [2.45, 2.75) is 22.6 Å². The Kier molecular flexibility index (Phi) is 4.64. The second kappa shape index (κ2) is 7.46. The highest BCUT2D eigenvalue weighted by molar-refractivity contribution is 8.02. The van der Waals surface area contributed by atoms with E-state index in [1.54, 1.807) is 11.1 Å². The summed E-state index contributed by atoms with van der Waals surface area (Å²) in [4.78, 5) is 31.9. The average Bonchev–Trinajstić information content (AvgIpc) is 3.29. The Bertz CT molecular complexity index is 1160. The van der Waals surface area contributed by atoms with Gasteiger partial charge in [-0.3, -0.25) is 19.5 Å². The third-order valence-corrected chi connectivity index (χ3v) is 6.78. The highest BCUT2D eigenvalue weighted by atomic mass is 32.2. The first-order chi connectivity index (χ1) is 14.7. The maximum atomic E-state index is 13.4. The highest BCUT2D eigenvalue weighted by Crippen LogP contribution is 2.56. The number of anilines is 2. The fraction of sp³-hybridized carbons (Fsp3) is 0.125. The lowest BCUT2D eigenvalue weighted by molar-refractivity contribution is -0.121. The molecule has 2 aliphatic heterocycles. The quantitative estimate of drug-likeness (QED) is 0.666. The number of nitrogens with one attached hydrogen (secondary N) is 1. The lowest BCUT2D eigenvalue weighted by atomic mass is 10.1. The number of carbonyl (C=O) groups is 2. The number of hydrogen-bond acceptors (Lipinski definition) is 4. The molecule has 1 unspecified atom stereocenters. The number of thioether (sulfide) groups is 1. The minimum absolute atomic E-state index is 0.00496. The molecule has 0 spiro atoms. The van der Waals surface area contributed by atoms with Gasteiger partial charge in [0.15, 0.2) is 4.87 Å². The molecule has 1 aromatic heterocycles. The summed E-state index contributed by atoms with van der Waals surface area (Å²) in [5.41, 5.74) is 3.35. The first-order valence-electron chi connectivity index (χ1n) is 9.77. The molecule has 1 saturated heterocycles. The first-order valence-corrected chi connectivity index (χ1v) is 10.6. The molecule has 0 aliphatic carbocycles. The van der Waals surface area contributed by atoms with Gasteiger partial charge in [0.05, 0.1) is 11.4 Å². The molecular weight excluding hydrogens is 394 g/mol. The normalized spacial score (nSPS) is 19.7. The summed E-state index contributed by atoms with van der Waals surface area (Å²) in [7, 11) is 0. The van der Waals surface area contributed by atoms with Gasteiger partial charge in [0.2, 0.25) is 5.91 Å². The Hall–Kier alpha value is -3.38. The molecule has 0 radical (unpaired) electrons. The van der Waals surface area contributed by atoms with Crippen molar-refractivity contribution < 1.29 is 9.59 Å². The van der Waals surface area contributed by atoms with Gasteiger partial charge in [-0.25, -0.2) is 0 Å². The Morgan fingerprint density at radius 1 is 1.07 bits per heavy atom. The second-order valence-electron chi connectivity index (χ2n) is 7.25. The van der Waals surface area contributed by atoms with Crippen LogP contribution in [0.5, 0.6) is 0 Å². The van der Waals surface area contributed by atoms with Gasteiger partial charge in [-0.1, -0.05) is 48.2 Å². The molecule has 3 heterocycles. The van der Waals surface area contributed by atoms with E-state index < -0.39 is 4.87 Å². The number of benzene rings is 2. The lowest BCUT2D eigenvalue weighted by Crippen LogP contribution is -2.49. The Morgan fingerprint density at radius 2 is 1.93 bits per heavy atom. The molecule has 2 amide bonds. The fourth-order valence-electron chi connectivity index (χ4n) is 3.90. The third kappa shape index (κ3) is 3.19. The van der Waals surface area contributed by atoms with Crippen LogP contribution in [0.3, 0.4) is 0 Å². The zero-order chi connectivity index (χ0) is 20.6. The van der Waals surface area contributed by atoms with E-state index in [1.165, 1.54) is 11.8 Å². The number of pyridine rings is 1. The van der Waals surface area contributed by atoms with Crippen LogP contribution < -0.4 is 10.2 Å². The maximum Gasteiger partial charge on any atom is 0.261 e. The summed E-state index contributed by atoms with van der Waals surface area (Å²) in [6, 6.07) is 21.1. The SMILES string of the molecule is O=C1CCC2(C(=O)Nc3cccc(/C=C/c4ccccn4)c3)Sc3ccccc3N12. The van der Waals surface area contributed by atoms with Gasteiger partial charge >= 0.3 is 0 Å². The molecule has 5 rings (SSSR count). The van der Waals surface area contributed by atoms with Crippen molar-refractivity contribution in [3.63, 3.8) is 0 Å². The molecule has 30 heavy (non-hydrogen) atoms. The van der Waals surface area contributed by atoms with Crippen molar-refractivity contribution in [1.29, 1.82) is 0 Å². The predicted molar refractivity (Wildman–Crippen MR) is 120 cm³/mol. The van der Waals surface area contributed by atoms with Crippen molar-refractivity contribution >= 4 is 47.1 Å². The minimum atomic E-state index is -0.916. The monoisotopic (exact) mass is 413 g/mol. The zero-order valence-corrected chi connectivity index (χ0v) is 16.9. The number of nitrogens with zero attached hydrogens (tertiary/aromatic N) is 2. The molecule has 0 saturated carbocycles. The molecule has 5 nitrogen and oxygen atoms in total. The van der Waals surface area contributed by atoms with Crippen molar-refractivity contribution in [3.05, 3.63) is 84.2 Å². The molecule has 1 atom stereocenters. The number of carbonyl (C=O) groups excluding carboxylic acids is 2. The largest absolute Gasteiger partial charge is 0.323 e. The van der Waals surface area contributed by atoms with E-state index in [-0.39, 0.29) is 11.8 Å². The topological polar surface area (TPSA) is 62.3 Å². The number of aromatic nitrogens is 1. The molecule has 1 fully saturated rings. The van der Waals surface area contributed by atoms with Crippen molar-refractivity contribution in [2.75, 3.05) is 10.2 Å². The predicted octanol–water partition coefficient (Wildman–Crippen LogP) is 4.82.